The molecule has 1 aliphatic heterocycles. The molecule has 14 heteroatoms. The predicted molar refractivity (Wildman–Crippen MR) is 172 cm³/mol. The number of rotatable bonds is 10. The Labute approximate surface area is 278 Å². The minimum Gasteiger partial charge on any atom is -0.341 e. The number of carbonyl (C=O) groups is 4. The van der Waals surface area contributed by atoms with Gasteiger partial charge in [0.05, 0.1) is 17.3 Å². The molecule has 1 heterocycles. The highest BCUT2D eigenvalue weighted by atomic mass is 19.3. The number of anilines is 1. The lowest BCUT2D eigenvalue weighted by molar-refractivity contribution is -0.149. The molecule has 1 aliphatic carbocycles. The third kappa shape index (κ3) is 8.63. The zero-order chi connectivity index (χ0) is 35.0. The van der Waals surface area contributed by atoms with Crippen LogP contribution in [0.3, 0.4) is 0 Å². The smallest absolute Gasteiger partial charge is 0.341 e. The van der Waals surface area contributed by atoms with Gasteiger partial charge in [-0.05, 0) is 55.6 Å². The summed E-state index contributed by atoms with van der Waals surface area (Å²) in [6, 6.07) is 7.31. The third-order valence-corrected chi connectivity index (χ3v) is 9.20. The summed E-state index contributed by atoms with van der Waals surface area (Å²) >= 11 is 0. The van der Waals surface area contributed by atoms with E-state index in [0.29, 0.717) is 44.6 Å². The standard InChI is InChI=1S/C34H42F3N7O4/c1-21(28(42-33(48)39-2)31(46)44-16-14-43(3)15-17-44)24-12-13-27(26(35)19-24)40-30(45)29(23-9-5-4-6-10-23)41-32(47)34(36,37)25-11-7-8-22(18-25)20-38/h7-8,11-13,18-19,21,23,28-29H,4-6,9-10,14-17H2,1-3H3,(H,40,45)(H,41,47)(H2,39,42,48). The lowest BCUT2D eigenvalue weighted by atomic mass is 9.83. The highest BCUT2D eigenvalue weighted by Gasteiger charge is 2.44. The number of carbonyl (C=O) groups excluding carboxylic acids is 4. The highest BCUT2D eigenvalue weighted by Crippen LogP contribution is 2.32. The van der Waals surface area contributed by atoms with E-state index in [2.05, 4.69) is 26.2 Å². The first-order valence-corrected chi connectivity index (χ1v) is 16.1. The molecule has 0 radical (unpaired) electrons. The van der Waals surface area contributed by atoms with Crippen LogP contribution in [0.4, 0.5) is 23.7 Å². The SMILES string of the molecule is CNC(=O)NC(C(=O)N1CCN(C)CC1)C(C)c1ccc(NC(=O)C(NC(=O)C(F)(F)c2cccc(C#N)c2)C2CCCCC2)c(F)c1. The van der Waals surface area contributed by atoms with Crippen molar-refractivity contribution >= 4 is 29.4 Å². The number of hydrogen-bond acceptors (Lipinski definition) is 6. The van der Waals surface area contributed by atoms with Crippen LogP contribution < -0.4 is 21.3 Å². The molecule has 2 aliphatic rings. The van der Waals surface area contributed by atoms with Crippen LogP contribution in [-0.2, 0) is 20.3 Å². The molecule has 11 nitrogen and oxygen atoms in total. The van der Waals surface area contributed by atoms with Crippen molar-refractivity contribution < 1.29 is 32.3 Å². The Kier molecular flexibility index (Phi) is 12.0. The first-order chi connectivity index (χ1) is 22.8. The van der Waals surface area contributed by atoms with Crippen LogP contribution >= 0.6 is 0 Å². The Morgan fingerprint density at radius 2 is 1.67 bits per heavy atom. The van der Waals surface area contributed by atoms with Gasteiger partial charge < -0.3 is 31.1 Å². The summed E-state index contributed by atoms with van der Waals surface area (Å²) < 4.78 is 46.1. The fourth-order valence-electron chi connectivity index (χ4n) is 6.17. The molecule has 0 spiro atoms. The molecule has 0 bridgehead atoms. The summed E-state index contributed by atoms with van der Waals surface area (Å²) in [5.74, 6) is -8.85. The molecule has 3 atom stereocenters. The number of piperazine rings is 1. The molecule has 0 aromatic heterocycles. The van der Waals surface area contributed by atoms with Gasteiger partial charge in [0, 0.05) is 44.7 Å². The van der Waals surface area contributed by atoms with Crippen LogP contribution in [0.1, 0.15) is 61.6 Å². The van der Waals surface area contributed by atoms with E-state index in [1.165, 1.54) is 31.3 Å². The topological polar surface area (TPSA) is 147 Å². The molecule has 1 saturated carbocycles. The summed E-state index contributed by atoms with van der Waals surface area (Å²) in [5.41, 5.74) is -0.589. The zero-order valence-electron chi connectivity index (χ0n) is 27.3. The Hall–Kier alpha value is -4.64. The Morgan fingerprint density at radius 3 is 2.29 bits per heavy atom. The minimum absolute atomic E-state index is 0.0470. The van der Waals surface area contributed by atoms with Gasteiger partial charge in [-0.1, -0.05) is 44.4 Å². The van der Waals surface area contributed by atoms with Gasteiger partial charge in [-0.2, -0.15) is 14.0 Å². The molecule has 5 amide bonds. The van der Waals surface area contributed by atoms with Crippen LogP contribution in [0.15, 0.2) is 42.5 Å². The second-order valence-electron chi connectivity index (χ2n) is 12.5. The molecule has 258 valence electrons. The van der Waals surface area contributed by atoms with Crippen molar-refractivity contribution in [3.63, 3.8) is 0 Å². The monoisotopic (exact) mass is 669 g/mol. The van der Waals surface area contributed by atoms with Crippen LogP contribution in [0.5, 0.6) is 0 Å². The quantitative estimate of drug-likeness (QED) is 0.304. The maximum absolute atomic E-state index is 15.6. The van der Waals surface area contributed by atoms with E-state index in [4.69, 9.17) is 5.26 Å². The minimum atomic E-state index is -4.04. The van der Waals surface area contributed by atoms with E-state index < -0.39 is 59.1 Å². The fraction of sp³-hybridized carbons (Fsp3) is 0.500. The van der Waals surface area contributed by atoms with E-state index in [1.54, 1.807) is 17.9 Å². The zero-order valence-corrected chi connectivity index (χ0v) is 27.3. The van der Waals surface area contributed by atoms with Gasteiger partial charge in [0.1, 0.15) is 17.9 Å². The number of nitriles is 1. The van der Waals surface area contributed by atoms with Gasteiger partial charge in [-0.25, -0.2) is 9.18 Å². The number of urea groups is 1. The van der Waals surface area contributed by atoms with Crippen molar-refractivity contribution in [2.24, 2.45) is 5.92 Å². The van der Waals surface area contributed by atoms with Crippen molar-refractivity contribution in [3.05, 3.63) is 65.0 Å². The normalized spacial score (nSPS) is 17.7. The maximum Gasteiger partial charge on any atom is 0.349 e. The van der Waals surface area contributed by atoms with Crippen LogP contribution in [0.2, 0.25) is 0 Å². The number of halogens is 3. The van der Waals surface area contributed by atoms with Crippen LogP contribution in [0.25, 0.3) is 0 Å². The molecule has 4 rings (SSSR count). The molecule has 4 N–H and O–H groups in total. The highest BCUT2D eigenvalue weighted by molar-refractivity contribution is 5.98. The van der Waals surface area contributed by atoms with Gasteiger partial charge in [-0.3, -0.25) is 14.4 Å². The first kappa shape index (κ1) is 36.2. The molecular formula is C34H42F3N7O4. The van der Waals surface area contributed by atoms with E-state index in [0.717, 1.165) is 37.5 Å². The van der Waals surface area contributed by atoms with Gasteiger partial charge in [0.2, 0.25) is 11.8 Å². The summed E-state index contributed by atoms with van der Waals surface area (Å²) in [5, 5.41) is 18.9. The lowest BCUT2D eigenvalue weighted by Gasteiger charge is -2.36. The Bertz CT molecular complexity index is 1530. The van der Waals surface area contributed by atoms with Gasteiger partial charge >= 0.3 is 12.0 Å². The fourth-order valence-corrected chi connectivity index (χ4v) is 6.17. The largest absolute Gasteiger partial charge is 0.349 e. The van der Waals surface area contributed by atoms with E-state index >= 15 is 13.2 Å². The number of alkyl halides is 2. The van der Waals surface area contributed by atoms with Gasteiger partial charge in [0.15, 0.2) is 0 Å². The van der Waals surface area contributed by atoms with E-state index in [9.17, 15) is 19.2 Å². The third-order valence-electron chi connectivity index (χ3n) is 9.20. The lowest BCUT2D eigenvalue weighted by Crippen LogP contribution is -2.56. The van der Waals surface area contributed by atoms with Crippen molar-refractivity contribution in [3.8, 4) is 6.07 Å². The molecule has 2 fully saturated rings. The maximum atomic E-state index is 15.6. The summed E-state index contributed by atoms with van der Waals surface area (Å²) in [6.07, 6.45) is 3.40. The van der Waals surface area contributed by atoms with Crippen molar-refractivity contribution in [1.29, 1.82) is 5.26 Å². The summed E-state index contributed by atoms with van der Waals surface area (Å²) in [6.45, 7) is 3.98. The number of nitrogens with one attached hydrogen (secondary N) is 4. The average Bonchev–Trinajstić information content (AvgIpc) is 3.10. The first-order valence-electron chi connectivity index (χ1n) is 16.1. The molecule has 2 aromatic rings. The molecule has 48 heavy (non-hydrogen) atoms. The van der Waals surface area contributed by atoms with E-state index in [-0.39, 0.29) is 17.2 Å². The van der Waals surface area contributed by atoms with Crippen molar-refractivity contribution in [2.45, 2.75) is 63.0 Å². The van der Waals surface area contributed by atoms with Crippen LogP contribution in [0, 0.1) is 23.1 Å². The second-order valence-corrected chi connectivity index (χ2v) is 12.5. The number of nitrogens with zero attached hydrogens (tertiary/aromatic N) is 3. The van der Waals surface area contributed by atoms with Gasteiger partial charge in [0.25, 0.3) is 5.91 Å². The second kappa shape index (κ2) is 16.0. The number of benzene rings is 2. The van der Waals surface area contributed by atoms with Gasteiger partial charge in [-0.15, -0.1) is 0 Å². The summed E-state index contributed by atoms with van der Waals surface area (Å²) in [4.78, 5) is 56.0. The summed E-state index contributed by atoms with van der Waals surface area (Å²) in [7, 11) is 3.37. The predicted octanol–water partition coefficient (Wildman–Crippen LogP) is 3.67. The Balaban J connectivity index is 1.53. The molecule has 1 saturated heterocycles. The molecule has 2 aromatic carbocycles. The number of hydrogen-bond donors (Lipinski definition) is 4. The Morgan fingerprint density at radius 1 is 0.979 bits per heavy atom. The van der Waals surface area contributed by atoms with Crippen molar-refractivity contribution in [2.75, 3.05) is 45.6 Å². The average molecular weight is 670 g/mol. The number of likely N-dealkylation sites (N-methyl/N-ethyl adjacent to an activating group) is 1. The van der Waals surface area contributed by atoms with Crippen LogP contribution in [-0.4, -0.2) is 85.9 Å². The van der Waals surface area contributed by atoms with Crippen molar-refractivity contribution in [1.82, 2.24) is 25.8 Å². The van der Waals surface area contributed by atoms with E-state index in [1.807, 2.05) is 7.05 Å². The molecular weight excluding hydrogens is 627 g/mol. The number of amides is 5. The molecule has 3 unspecified atom stereocenters.